The highest BCUT2D eigenvalue weighted by atomic mass is 16.6. The molecule has 1 aliphatic rings. The standard InChI is InChI=1S/C18H27NO2/c1-18(14-10-5-3-2-4-6-11-15-18)19-17(20)21-16-12-8-7-9-13-16/h7-9,12-13H,2-6,10-11,14-15H2,1H3,(H,19,20). The molecule has 0 spiro atoms. The summed E-state index contributed by atoms with van der Waals surface area (Å²) in [6, 6.07) is 9.25. The average molecular weight is 289 g/mol. The van der Waals surface area contributed by atoms with Crippen LogP contribution in [0.15, 0.2) is 30.3 Å². The summed E-state index contributed by atoms with van der Waals surface area (Å²) in [4.78, 5) is 12.1. The third-order valence-electron chi connectivity index (χ3n) is 4.31. The molecule has 1 saturated carbocycles. The molecule has 3 heteroatoms. The molecule has 0 saturated heterocycles. The summed E-state index contributed by atoms with van der Waals surface area (Å²) >= 11 is 0. The van der Waals surface area contributed by atoms with Crippen molar-refractivity contribution in [3.05, 3.63) is 30.3 Å². The van der Waals surface area contributed by atoms with Crippen molar-refractivity contribution in [2.24, 2.45) is 0 Å². The lowest BCUT2D eigenvalue weighted by atomic mass is 9.87. The second kappa shape index (κ2) is 8.06. The number of para-hydroxylation sites is 1. The fraction of sp³-hybridized carbons (Fsp3) is 0.611. The van der Waals surface area contributed by atoms with Crippen LogP contribution in [-0.4, -0.2) is 11.6 Å². The van der Waals surface area contributed by atoms with Crippen LogP contribution in [0.1, 0.15) is 64.7 Å². The third-order valence-corrected chi connectivity index (χ3v) is 4.31. The molecule has 0 unspecified atom stereocenters. The van der Waals surface area contributed by atoms with Gasteiger partial charge in [-0.05, 0) is 31.9 Å². The van der Waals surface area contributed by atoms with Crippen molar-refractivity contribution < 1.29 is 9.53 Å². The first-order valence-electron chi connectivity index (χ1n) is 8.23. The van der Waals surface area contributed by atoms with Gasteiger partial charge in [0.15, 0.2) is 0 Å². The Morgan fingerprint density at radius 2 is 1.48 bits per heavy atom. The van der Waals surface area contributed by atoms with E-state index in [-0.39, 0.29) is 11.6 Å². The molecule has 1 aromatic carbocycles. The molecule has 3 nitrogen and oxygen atoms in total. The Balaban J connectivity index is 1.88. The van der Waals surface area contributed by atoms with Crippen molar-refractivity contribution >= 4 is 6.09 Å². The van der Waals surface area contributed by atoms with Crippen molar-refractivity contribution in [1.29, 1.82) is 0 Å². The number of carbonyl (C=O) groups is 1. The van der Waals surface area contributed by atoms with Gasteiger partial charge in [0.05, 0.1) is 0 Å². The summed E-state index contributed by atoms with van der Waals surface area (Å²) in [5.74, 6) is 0.596. The van der Waals surface area contributed by atoms with Crippen LogP contribution < -0.4 is 10.1 Å². The predicted octanol–water partition coefficient (Wildman–Crippen LogP) is 5.06. The highest BCUT2D eigenvalue weighted by Gasteiger charge is 2.26. The van der Waals surface area contributed by atoms with Crippen molar-refractivity contribution in [3.8, 4) is 5.75 Å². The SMILES string of the molecule is CC1(NC(=O)Oc2ccccc2)CCCCCCCCC1. The maximum absolute atomic E-state index is 12.1. The Kier molecular flexibility index (Phi) is 6.09. The molecular formula is C18H27NO2. The second-order valence-electron chi connectivity index (χ2n) is 6.36. The van der Waals surface area contributed by atoms with Gasteiger partial charge in [-0.3, -0.25) is 0 Å². The topological polar surface area (TPSA) is 38.3 Å². The fourth-order valence-corrected chi connectivity index (χ4v) is 3.03. The van der Waals surface area contributed by atoms with Crippen LogP contribution in [0.3, 0.4) is 0 Å². The van der Waals surface area contributed by atoms with Crippen LogP contribution in [0.4, 0.5) is 4.79 Å². The normalized spacial score (nSPS) is 19.5. The van der Waals surface area contributed by atoms with Gasteiger partial charge in [-0.2, -0.15) is 0 Å². The molecule has 116 valence electrons. The number of ether oxygens (including phenoxy) is 1. The molecule has 21 heavy (non-hydrogen) atoms. The quantitative estimate of drug-likeness (QED) is 0.826. The Bertz CT molecular complexity index is 420. The Labute approximate surface area is 128 Å². The van der Waals surface area contributed by atoms with Crippen LogP contribution >= 0.6 is 0 Å². The van der Waals surface area contributed by atoms with Gasteiger partial charge in [-0.15, -0.1) is 0 Å². The van der Waals surface area contributed by atoms with E-state index in [1.807, 2.05) is 18.2 Å². The van der Waals surface area contributed by atoms with E-state index in [1.54, 1.807) is 12.1 Å². The molecule has 1 N–H and O–H groups in total. The highest BCUT2D eigenvalue weighted by Crippen LogP contribution is 2.25. The van der Waals surface area contributed by atoms with E-state index < -0.39 is 0 Å². The monoisotopic (exact) mass is 289 g/mol. The summed E-state index contributed by atoms with van der Waals surface area (Å²) in [5, 5.41) is 3.10. The van der Waals surface area contributed by atoms with Crippen LogP contribution in [0.2, 0.25) is 0 Å². The Hall–Kier alpha value is -1.51. The molecule has 2 rings (SSSR count). The predicted molar refractivity (Wildman–Crippen MR) is 85.6 cm³/mol. The van der Waals surface area contributed by atoms with Crippen molar-refractivity contribution in [2.75, 3.05) is 0 Å². The average Bonchev–Trinajstić information content (AvgIpc) is 2.46. The zero-order valence-corrected chi connectivity index (χ0v) is 13.1. The first-order chi connectivity index (χ1) is 10.2. The fourth-order valence-electron chi connectivity index (χ4n) is 3.03. The van der Waals surface area contributed by atoms with E-state index in [0.29, 0.717) is 5.75 Å². The molecule has 0 radical (unpaired) electrons. The molecule has 0 aliphatic heterocycles. The zero-order valence-electron chi connectivity index (χ0n) is 13.1. The largest absolute Gasteiger partial charge is 0.413 e. The van der Waals surface area contributed by atoms with E-state index in [1.165, 1.54) is 44.9 Å². The molecule has 0 aromatic heterocycles. The lowest BCUT2D eigenvalue weighted by Gasteiger charge is -2.31. The van der Waals surface area contributed by atoms with Gasteiger partial charge in [-0.25, -0.2) is 4.79 Å². The maximum Gasteiger partial charge on any atom is 0.413 e. The van der Waals surface area contributed by atoms with Crippen LogP contribution in [0, 0.1) is 0 Å². The van der Waals surface area contributed by atoms with Gasteiger partial charge in [0.25, 0.3) is 0 Å². The van der Waals surface area contributed by atoms with E-state index in [4.69, 9.17) is 4.74 Å². The van der Waals surface area contributed by atoms with Gasteiger partial charge in [-0.1, -0.05) is 63.1 Å². The minimum atomic E-state index is -0.333. The maximum atomic E-state index is 12.1. The van der Waals surface area contributed by atoms with Gasteiger partial charge < -0.3 is 10.1 Å². The molecule has 1 aliphatic carbocycles. The second-order valence-corrected chi connectivity index (χ2v) is 6.36. The van der Waals surface area contributed by atoms with E-state index in [9.17, 15) is 4.79 Å². The smallest absolute Gasteiger partial charge is 0.410 e. The number of amides is 1. The number of hydrogen-bond acceptors (Lipinski definition) is 2. The number of rotatable bonds is 2. The number of hydrogen-bond donors (Lipinski definition) is 1. The minimum Gasteiger partial charge on any atom is -0.410 e. The van der Waals surface area contributed by atoms with Gasteiger partial charge in [0, 0.05) is 5.54 Å². The van der Waals surface area contributed by atoms with Crippen LogP contribution in [0.5, 0.6) is 5.75 Å². The summed E-state index contributed by atoms with van der Waals surface area (Å²) in [6.45, 7) is 2.15. The van der Waals surface area contributed by atoms with E-state index in [2.05, 4.69) is 12.2 Å². The minimum absolute atomic E-state index is 0.136. The van der Waals surface area contributed by atoms with E-state index in [0.717, 1.165) is 12.8 Å². The summed E-state index contributed by atoms with van der Waals surface area (Å²) in [6.07, 6.45) is 10.7. The number of nitrogens with one attached hydrogen (secondary N) is 1. The highest BCUT2D eigenvalue weighted by molar-refractivity contribution is 5.71. The van der Waals surface area contributed by atoms with Crippen molar-refractivity contribution in [1.82, 2.24) is 5.32 Å². The molecule has 1 amide bonds. The van der Waals surface area contributed by atoms with Crippen molar-refractivity contribution in [2.45, 2.75) is 70.3 Å². The first-order valence-corrected chi connectivity index (χ1v) is 8.23. The summed E-state index contributed by atoms with van der Waals surface area (Å²) in [7, 11) is 0. The molecular weight excluding hydrogens is 262 g/mol. The van der Waals surface area contributed by atoms with Crippen LogP contribution in [-0.2, 0) is 0 Å². The first kappa shape index (κ1) is 15.9. The molecule has 0 heterocycles. The molecule has 0 bridgehead atoms. The lowest BCUT2D eigenvalue weighted by molar-refractivity contribution is 0.179. The Morgan fingerprint density at radius 3 is 2.05 bits per heavy atom. The molecule has 1 aromatic rings. The Morgan fingerprint density at radius 1 is 0.952 bits per heavy atom. The zero-order chi connectivity index (χ0) is 15.0. The number of carbonyl (C=O) groups excluding carboxylic acids is 1. The molecule has 1 fully saturated rings. The van der Waals surface area contributed by atoms with Crippen LogP contribution in [0.25, 0.3) is 0 Å². The summed E-state index contributed by atoms with van der Waals surface area (Å²) < 4.78 is 5.36. The van der Waals surface area contributed by atoms with Gasteiger partial charge >= 0.3 is 6.09 Å². The molecule has 0 atom stereocenters. The van der Waals surface area contributed by atoms with Gasteiger partial charge in [0.1, 0.15) is 5.75 Å². The summed E-state index contributed by atoms with van der Waals surface area (Å²) in [5.41, 5.74) is -0.136. The number of benzene rings is 1. The van der Waals surface area contributed by atoms with Crippen molar-refractivity contribution in [3.63, 3.8) is 0 Å². The van der Waals surface area contributed by atoms with E-state index >= 15 is 0 Å². The van der Waals surface area contributed by atoms with Gasteiger partial charge in [0.2, 0.25) is 0 Å². The third kappa shape index (κ3) is 5.78. The lowest BCUT2D eigenvalue weighted by Crippen LogP contribution is -2.47.